The van der Waals surface area contributed by atoms with Gasteiger partial charge in [-0.3, -0.25) is 9.69 Å². The lowest BCUT2D eigenvalue weighted by atomic mass is 10.2. The fourth-order valence-electron chi connectivity index (χ4n) is 2.86. The average molecular weight is 321 g/mol. The van der Waals surface area contributed by atoms with E-state index in [2.05, 4.69) is 24.3 Å². The van der Waals surface area contributed by atoms with Crippen molar-refractivity contribution < 1.29 is 14.0 Å². The molecule has 2 rings (SSSR count). The number of nitrogens with zero attached hydrogens (tertiary/aromatic N) is 2. The third-order valence-electron chi connectivity index (χ3n) is 4.46. The SMILES string of the molecule is CC(=O)Nc1cc(N)ccc1OCCC[N+]1(C)CCN(C)CC1. The van der Waals surface area contributed by atoms with Crippen LogP contribution in [0.3, 0.4) is 0 Å². The first kappa shape index (κ1) is 17.6. The number of nitrogens with one attached hydrogen (secondary N) is 1. The van der Waals surface area contributed by atoms with Gasteiger partial charge >= 0.3 is 0 Å². The molecule has 6 heteroatoms. The Labute approximate surface area is 138 Å². The fourth-order valence-corrected chi connectivity index (χ4v) is 2.86. The summed E-state index contributed by atoms with van der Waals surface area (Å²) in [6.07, 6.45) is 0.990. The van der Waals surface area contributed by atoms with Gasteiger partial charge in [0.25, 0.3) is 0 Å². The van der Waals surface area contributed by atoms with Gasteiger partial charge in [0.05, 0.1) is 39.0 Å². The number of carbonyl (C=O) groups is 1. The molecule has 0 atom stereocenters. The number of carbonyl (C=O) groups excluding carboxylic acids is 1. The van der Waals surface area contributed by atoms with Crippen molar-refractivity contribution in [2.45, 2.75) is 13.3 Å². The Hall–Kier alpha value is -1.79. The Morgan fingerprint density at radius 1 is 1.39 bits per heavy atom. The molecule has 0 aliphatic carbocycles. The summed E-state index contributed by atoms with van der Waals surface area (Å²) in [6, 6.07) is 5.33. The van der Waals surface area contributed by atoms with Gasteiger partial charge in [-0.25, -0.2) is 0 Å². The summed E-state index contributed by atoms with van der Waals surface area (Å²) in [5.41, 5.74) is 7.02. The number of quaternary nitrogens is 1. The lowest BCUT2D eigenvalue weighted by Crippen LogP contribution is -2.56. The first-order valence-corrected chi connectivity index (χ1v) is 8.20. The van der Waals surface area contributed by atoms with Gasteiger partial charge in [-0.15, -0.1) is 0 Å². The van der Waals surface area contributed by atoms with E-state index in [4.69, 9.17) is 10.5 Å². The largest absolute Gasteiger partial charge is 0.491 e. The summed E-state index contributed by atoms with van der Waals surface area (Å²) in [5.74, 6) is 0.548. The molecule has 1 aliphatic rings. The van der Waals surface area contributed by atoms with Crippen LogP contribution in [0.2, 0.25) is 0 Å². The molecule has 1 aromatic rings. The van der Waals surface area contributed by atoms with Gasteiger partial charge < -0.3 is 20.3 Å². The second kappa shape index (κ2) is 7.66. The van der Waals surface area contributed by atoms with Crippen molar-refractivity contribution in [1.82, 2.24) is 4.90 Å². The minimum absolute atomic E-state index is 0.129. The second-order valence-electron chi connectivity index (χ2n) is 6.73. The number of nitrogens with two attached hydrogens (primary N) is 1. The Kier molecular flexibility index (Phi) is 5.85. The highest BCUT2D eigenvalue weighted by molar-refractivity contribution is 5.91. The molecule has 0 spiro atoms. The van der Waals surface area contributed by atoms with Gasteiger partial charge in [-0.1, -0.05) is 0 Å². The molecule has 0 bridgehead atoms. The van der Waals surface area contributed by atoms with Crippen LogP contribution in [0.5, 0.6) is 5.75 Å². The van der Waals surface area contributed by atoms with Crippen LogP contribution in [0.1, 0.15) is 13.3 Å². The molecule has 0 radical (unpaired) electrons. The monoisotopic (exact) mass is 321 g/mol. The first-order chi connectivity index (χ1) is 10.9. The van der Waals surface area contributed by atoms with E-state index in [-0.39, 0.29) is 5.91 Å². The third kappa shape index (κ3) is 5.41. The molecule has 1 fully saturated rings. The van der Waals surface area contributed by atoms with E-state index in [1.54, 1.807) is 12.1 Å². The quantitative estimate of drug-likeness (QED) is 0.472. The van der Waals surface area contributed by atoms with Crippen molar-refractivity contribution in [3.63, 3.8) is 0 Å². The Bertz CT molecular complexity index is 539. The predicted molar refractivity (Wildman–Crippen MR) is 93.6 cm³/mol. The van der Waals surface area contributed by atoms with E-state index >= 15 is 0 Å². The Morgan fingerprint density at radius 3 is 2.74 bits per heavy atom. The number of benzene rings is 1. The summed E-state index contributed by atoms with van der Waals surface area (Å²) >= 11 is 0. The molecular weight excluding hydrogens is 292 g/mol. The van der Waals surface area contributed by atoms with Crippen molar-refractivity contribution in [2.24, 2.45) is 0 Å². The van der Waals surface area contributed by atoms with Crippen LogP contribution in [0, 0.1) is 0 Å². The van der Waals surface area contributed by atoms with Crippen molar-refractivity contribution >= 4 is 17.3 Å². The van der Waals surface area contributed by atoms with Crippen LogP contribution in [0.4, 0.5) is 11.4 Å². The number of amides is 1. The lowest BCUT2D eigenvalue weighted by Gasteiger charge is -2.41. The van der Waals surface area contributed by atoms with Crippen LogP contribution in [0.15, 0.2) is 18.2 Å². The Balaban J connectivity index is 1.83. The highest BCUT2D eigenvalue weighted by atomic mass is 16.5. The van der Waals surface area contributed by atoms with Gasteiger partial charge in [0.1, 0.15) is 5.75 Å². The molecule has 1 amide bonds. The van der Waals surface area contributed by atoms with Crippen LogP contribution in [-0.2, 0) is 4.79 Å². The lowest BCUT2D eigenvalue weighted by molar-refractivity contribution is -0.913. The van der Waals surface area contributed by atoms with Gasteiger partial charge in [-0.05, 0) is 25.2 Å². The minimum Gasteiger partial charge on any atom is -0.491 e. The van der Waals surface area contributed by atoms with E-state index in [0.29, 0.717) is 23.7 Å². The maximum atomic E-state index is 11.3. The average Bonchev–Trinajstić information content (AvgIpc) is 2.48. The maximum absolute atomic E-state index is 11.3. The molecule has 3 N–H and O–H groups in total. The summed E-state index contributed by atoms with van der Waals surface area (Å²) in [4.78, 5) is 13.6. The van der Waals surface area contributed by atoms with Gasteiger partial charge in [0, 0.05) is 32.1 Å². The first-order valence-electron chi connectivity index (χ1n) is 8.20. The van der Waals surface area contributed by atoms with Crippen LogP contribution < -0.4 is 15.8 Å². The zero-order valence-electron chi connectivity index (χ0n) is 14.5. The number of anilines is 2. The number of hydrogen-bond donors (Lipinski definition) is 2. The number of likely N-dealkylation sites (N-methyl/N-ethyl adjacent to an activating group) is 2. The smallest absolute Gasteiger partial charge is 0.221 e. The number of ether oxygens (including phenoxy) is 1. The molecule has 1 aliphatic heterocycles. The zero-order valence-corrected chi connectivity index (χ0v) is 14.5. The summed E-state index contributed by atoms with van der Waals surface area (Å²) in [6.45, 7) is 7.92. The summed E-state index contributed by atoms with van der Waals surface area (Å²) in [7, 11) is 4.50. The van der Waals surface area contributed by atoms with Crippen LogP contribution in [0.25, 0.3) is 0 Å². The molecule has 6 nitrogen and oxygen atoms in total. The summed E-state index contributed by atoms with van der Waals surface area (Å²) in [5, 5.41) is 2.76. The van der Waals surface area contributed by atoms with Crippen molar-refractivity contribution in [2.75, 3.05) is 64.5 Å². The van der Waals surface area contributed by atoms with Gasteiger partial charge in [0.15, 0.2) is 0 Å². The molecular formula is C17H29N4O2+. The highest BCUT2D eigenvalue weighted by Gasteiger charge is 2.26. The zero-order chi connectivity index (χ0) is 16.9. The van der Waals surface area contributed by atoms with Crippen LogP contribution in [-0.4, -0.2) is 68.7 Å². The number of nitrogen functional groups attached to an aromatic ring is 1. The number of hydrogen-bond acceptors (Lipinski definition) is 4. The molecule has 23 heavy (non-hydrogen) atoms. The van der Waals surface area contributed by atoms with Crippen molar-refractivity contribution in [3.05, 3.63) is 18.2 Å². The van der Waals surface area contributed by atoms with Crippen molar-refractivity contribution in [1.29, 1.82) is 0 Å². The van der Waals surface area contributed by atoms with Gasteiger partial charge in [0.2, 0.25) is 5.91 Å². The van der Waals surface area contributed by atoms with Crippen LogP contribution >= 0.6 is 0 Å². The predicted octanol–water partition coefficient (Wildman–Crippen LogP) is 1.39. The number of rotatable bonds is 6. The number of piperazine rings is 1. The second-order valence-corrected chi connectivity index (χ2v) is 6.73. The standard InChI is InChI=1S/C17H28N4O2/c1-14(22)19-16-13-15(18)5-6-17(16)23-12-4-9-21(3)10-7-20(2)8-11-21/h5-6,13H,4,7-12,18H2,1-3H3/p+1. The molecule has 0 saturated carbocycles. The van der Waals surface area contributed by atoms with E-state index in [1.807, 2.05) is 6.07 Å². The van der Waals surface area contributed by atoms with E-state index in [0.717, 1.165) is 30.5 Å². The maximum Gasteiger partial charge on any atom is 0.221 e. The highest BCUT2D eigenvalue weighted by Crippen LogP contribution is 2.27. The normalized spacial score (nSPS) is 17.7. The fraction of sp³-hybridized carbons (Fsp3) is 0.588. The summed E-state index contributed by atoms with van der Waals surface area (Å²) < 4.78 is 6.96. The molecule has 1 saturated heterocycles. The molecule has 1 aromatic carbocycles. The third-order valence-corrected chi connectivity index (χ3v) is 4.46. The molecule has 128 valence electrons. The van der Waals surface area contributed by atoms with Gasteiger partial charge in [-0.2, -0.15) is 0 Å². The Morgan fingerprint density at radius 2 is 2.09 bits per heavy atom. The van der Waals surface area contributed by atoms with E-state index < -0.39 is 0 Å². The van der Waals surface area contributed by atoms with E-state index in [9.17, 15) is 4.79 Å². The minimum atomic E-state index is -0.129. The topological polar surface area (TPSA) is 67.6 Å². The molecule has 0 aromatic heterocycles. The van der Waals surface area contributed by atoms with E-state index in [1.165, 1.54) is 20.0 Å². The van der Waals surface area contributed by atoms with Crippen molar-refractivity contribution in [3.8, 4) is 5.75 Å². The molecule has 0 unspecified atom stereocenters. The molecule has 1 heterocycles.